The van der Waals surface area contributed by atoms with Crippen LogP contribution in [0.5, 0.6) is 0 Å². The third-order valence-corrected chi connectivity index (χ3v) is 6.93. The number of methoxy groups -OCH3 is 1. The molecule has 6 heteroatoms. The predicted octanol–water partition coefficient (Wildman–Crippen LogP) is 4.47. The quantitative estimate of drug-likeness (QED) is 0.785. The van der Waals surface area contributed by atoms with Crippen LogP contribution in [0.1, 0.15) is 91.9 Å². The van der Waals surface area contributed by atoms with Gasteiger partial charge < -0.3 is 15.4 Å². The number of carbonyl (C=O) groups excluding carboxylic acids is 1. The lowest BCUT2D eigenvalue weighted by molar-refractivity contribution is 0.0604. The van der Waals surface area contributed by atoms with Crippen molar-refractivity contribution < 1.29 is 9.53 Å². The number of nitrogens with zero attached hydrogens (tertiary/aromatic N) is 2. The molecule has 2 heterocycles. The molecule has 1 aromatic rings. The molecule has 0 unspecified atom stereocenters. The molecule has 1 aromatic heterocycles. The van der Waals surface area contributed by atoms with Crippen molar-refractivity contribution in [3.8, 4) is 0 Å². The standard InChI is InChI=1S/C20H33N3O2S/c1-25-19(24)18-17(15-9-7-5-3-2-4-6-8-10-15)22-20(26-18)23-13-11-16(21)12-14-23/h15-16H,2-14,21H2,1H3. The first-order chi connectivity index (χ1) is 12.7. The van der Waals surface area contributed by atoms with Crippen molar-refractivity contribution in [1.82, 2.24) is 4.98 Å². The summed E-state index contributed by atoms with van der Waals surface area (Å²) in [5.74, 6) is 0.161. The average molecular weight is 380 g/mol. The first-order valence-corrected chi connectivity index (χ1v) is 11.1. The van der Waals surface area contributed by atoms with Gasteiger partial charge in [-0.05, 0) is 25.7 Å². The summed E-state index contributed by atoms with van der Waals surface area (Å²) in [6, 6.07) is 0.295. The van der Waals surface area contributed by atoms with Gasteiger partial charge in [-0.15, -0.1) is 0 Å². The van der Waals surface area contributed by atoms with Crippen LogP contribution in [0.3, 0.4) is 0 Å². The van der Waals surface area contributed by atoms with Gasteiger partial charge in [0.15, 0.2) is 5.13 Å². The van der Waals surface area contributed by atoms with Gasteiger partial charge in [0, 0.05) is 25.0 Å². The van der Waals surface area contributed by atoms with Gasteiger partial charge in [-0.25, -0.2) is 9.78 Å². The number of anilines is 1. The highest BCUT2D eigenvalue weighted by Gasteiger charge is 2.28. The van der Waals surface area contributed by atoms with Gasteiger partial charge in [-0.1, -0.05) is 56.3 Å². The number of piperidine rings is 1. The van der Waals surface area contributed by atoms with Gasteiger partial charge in [-0.3, -0.25) is 0 Å². The zero-order chi connectivity index (χ0) is 18.4. The van der Waals surface area contributed by atoms with Crippen LogP contribution in [0, 0.1) is 0 Å². The number of nitrogens with two attached hydrogens (primary N) is 1. The number of rotatable bonds is 3. The second-order valence-corrected chi connectivity index (χ2v) is 8.75. The molecule has 5 nitrogen and oxygen atoms in total. The van der Waals surface area contributed by atoms with Crippen LogP contribution >= 0.6 is 11.3 Å². The summed E-state index contributed by atoms with van der Waals surface area (Å²) >= 11 is 1.51. The van der Waals surface area contributed by atoms with Crippen molar-refractivity contribution in [3.63, 3.8) is 0 Å². The number of hydrogen-bond acceptors (Lipinski definition) is 6. The maximum absolute atomic E-state index is 12.4. The van der Waals surface area contributed by atoms with Gasteiger partial charge >= 0.3 is 5.97 Å². The van der Waals surface area contributed by atoms with Crippen LogP contribution in [0.15, 0.2) is 0 Å². The second kappa shape index (κ2) is 9.70. The molecule has 0 spiro atoms. The topological polar surface area (TPSA) is 68.5 Å². The number of thiazole rings is 1. The Balaban J connectivity index is 1.81. The summed E-state index contributed by atoms with van der Waals surface area (Å²) in [4.78, 5) is 20.4. The van der Waals surface area contributed by atoms with Crippen molar-refractivity contribution in [1.29, 1.82) is 0 Å². The van der Waals surface area contributed by atoms with Crippen LogP contribution in [-0.4, -0.2) is 37.2 Å². The largest absolute Gasteiger partial charge is 0.465 e. The van der Waals surface area contributed by atoms with Crippen molar-refractivity contribution >= 4 is 22.4 Å². The smallest absolute Gasteiger partial charge is 0.350 e. The highest BCUT2D eigenvalue weighted by molar-refractivity contribution is 7.17. The fourth-order valence-corrected chi connectivity index (χ4v) is 5.27. The van der Waals surface area contributed by atoms with E-state index in [9.17, 15) is 4.79 Å². The van der Waals surface area contributed by atoms with Crippen LogP contribution in [0.25, 0.3) is 0 Å². The van der Waals surface area contributed by atoms with Crippen molar-refractivity contribution in [2.45, 2.75) is 82.6 Å². The molecule has 0 aromatic carbocycles. The monoisotopic (exact) mass is 379 g/mol. The van der Waals surface area contributed by atoms with E-state index in [1.54, 1.807) is 0 Å². The molecule has 146 valence electrons. The number of aromatic nitrogens is 1. The fraction of sp³-hybridized carbons (Fsp3) is 0.800. The molecule has 26 heavy (non-hydrogen) atoms. The van der Waals surface area contributed by atoms with Gasteiger partial charge in [-0.2, -0.15) is 0 Å². The van der Waals surface area contributed by atoms with E-state index in [1.807, 2.05) is 0 Å². The Morgan fingerprint density at radius 3 is 2.19 bits per heavy atom. The Morgan fingerprint density at radius 2 is 1.62 bits per heavy atom. The molecule has 2 aliphatic rings. The average Bonchev–Trinajstić information content (AvgIpc) is 3.11. The Kier molecular flexibility index (Phi) is 7.32. The molecule has 1 saturated heterocycles. The first-order valence-electron chi connectivity index (χ1n) is 10.3. The SMILES string of the molecule is COC(=O)c1sc(N2CCC(N)CC2)nc1C1CCCCCCCCC1. The molecule has 1 saturated carbocycles. The summed E-state index contributed by atoms with van der Waals surface area (Å²) in [6.45, 7) is 1.86. The van der Waals surface area contributed by atoms with E-state index in [1.165, 1.54) is 63.4 Å². The number of carbonyl (C=O) groups is 1. The van der Waals surface area contributed by atoms with Crippen molar-refractivity contribution in [2.24, 2.45) is 5.73 Å². The second-order valence-electron chi connectivity index (χ2n) is 7.78. The lowest BCUT2D eigenvalue weighted by Crippen LogP contribution is -2.39. The van der Waals surface area contributed by atoms with Crippen LogP contribution in [-0.2, 0) is 4.74 Å². The molecule has 0 atom stereocenters. The van der Waals surface area contributed by atoms with E-state index < -0.39 is 0 Å². The van der Waals surface area contributed by atoms with Gasteiger partial charge in [0.05, 0.1) is 12.8 Å². The Hall–Kier alpha value is -1.14. The van der Waals surface area contributed by atoms with Gasteiger partial charge in [0.2, 0.25) is 0 Å². The fourth-order valence-electron chi connectivity index (χ4n) is 4.14. The highest BCUT2D eigenvalue weighted by Crippen LogP contribution is 2.37. The minimum Gasteiger partial charge on any atom is -0.465 e. The zero-order valence-corrected chi connectivity index (χ0v) is 16.9. The summed E-state index contributed by atoms with van der Waals surface area (Å²) in [7, 11) is 1.47. The molecule has 2 N–H and O–H groups in total. The molecule has 0 amide bonds. The third kappa shape index (κ3) is 4.97. The van der Waals surface area contributed by atoms with E-state index in [-0.39, 0.29) is 5.97 Å². The maximum atomic E-state index is 12.4. The summed E-state index contributed by atoms with van der Waals surface area (Å²) in [5, 5.41) is 0.976. The zero-order valence-electron chi connectivity index (χ0n) is 16.0. The normalized spacial score (nSPS) is 21.5. The van der Waals surface area contributed by atoms with E-state index in [4.69, 9.17) is 15.5 Å². The van der Waals surface area contributed by atoms with Crippen LogP contribution < -0.4 is 10.6 Å². The molecular weight excluding hydrogens is 346 g/mol. The van der Waals surface area contributed by atoms with Crippen LogP contribution in [0.2, 0.25) is 0 Å². The summed E-state index contributed by atoms with van der Waals surface area (Å²) < 4.78 is 5.08. The number of hydrogen-bond donors (Lipinski definition) is 1. The lowest BCUT2D eigenvalue weighted by atomic mass is 9.89. The minimum atomic E-state index is -0.227. The Morgan fingerprint density at radius 1 is 1.04 bits per heavy atom. The molecule has 1 aliphatic carbocycles. The Bertz CT molecular complexity index is 572. The minimum absolute atomic E-state index is 0.227. The molecule has 1 aliphatic heterocycles. The number of esters is 1. The maximum Gasteiger partial charge on any atom is 0.350 e. The van der Waals surface area contributed by atoms with Gasteiger partial charge in [0.25, 0.3) is 0 Å². The lowest BCUT2D eigenvalue weighted by Gasteiger charge is -2.29. The van der Waals surface area contributed by atoms with Crippen molar-refractivity contribution in [3.05, 3.63) is 10.6 Å². The van der Waals surface area contributed by atoms with Crippen LogP contribution in [0.4, 0.5) is 5.13 Å². The third-order valence-electron chi connectivity index (χ3n) is 5.81. The van der Waals surface area contributed by atoms with E-state index in [0.29, 0.717) is 12.0 Å². The Labute approximate surface area is 161 Å². The molecule has 0 bridgehead atoms. The first kappa shape index (κ1) is 19.6. The van der Waals surface area contributed by atoms with Crippen molar-refractivity contribution in [2.75, 3.05) is 25.1 Å². The summed E-state index contributed by atoms with van der Waals surface area (Å²) in [6.07, 6.45) is 13.4. The molecule has 3 rings (SSSR count). The molecule has 0 radical (unpaired) electrons. The number of ether oxygens (including phenoxy) is 1. The highest BCUT2D eigenvalue weighted by atomic mass is 32.1. The van der Waals surface area contributed by atoms with Gasteiger partial charge in [0.1, 0.15) is 4.88 Å². The van der Waals surface area contributed by atoms with E-state index >= 15 is 0 Å². The molecule has 2 fully saturated rings. The molecular formula is C20H33N3O2S. The predicted molar refractivity (Wildman–Crippen MR) is 107 cm³/mol. The summed E-state index contributed by atoms with van der Waals surface area (Å²) in [5.41, 5.74) is 7.03. The van der Waals surface area contributed by atoms with E-state index in [2.05, 4.69) is 4.90 Å². The van der Waals surface area contributed by atoms with E-state index in [0.717, 1.165) is 54.5 Å².